The Bertz CT molecular complexity index is 369. The van der Waals surface area contributed by atoms with Gasteiger partial charge in [0.25, 0.3) is 0 Å². The summed E-state index contributed by atoms with van der Waals surface area (Å²) >= 11 is 0. The van der Waals surface area contributed by atoms with Gasteiger partial charge < -0.3 is 10.1 Å². The molecule has 2 heteroatoms. The Morgan fingerprint density at radius 1 is 1.29 bits per heavy atom. The maximum Gasteiger partial charge on any atom is 0.146 e. The third-order valence-corrected chi connectivity index (χ3v) is 3.54. The zero-order valence-corrected chi connectivity index (χ0v) is 8.47. The lowest BCUT2D eigenvalue weighted by atomic mass is 9.89. The summed E-state index contributed by atoms with van der Waals surface area (Å²) in [6.07, 6.45) is 3.89. The number of para-hydroxylation sites is 1. The zero-order chi connectivity index (χ0) is 9.60. The molecule has 0 amide bonds. The summed E-state index contributed by atoms with van der Waals surface area (Å²) in [6, 6.07) is 6.43. The molecule has 1 N–H and O–H groups in total. The molecule has 0 bridgehead atoms. The van der Waals surface area contributed by atoms with Crippen LogP contribution in [-0.2, 0) is 5.41 Å². The van der Waals surface area contributed by atoms with Crippen molar-refractivity contribution >= 4 is 5.69 Å². The van der Waals surface area contributed by atoms with Crippen LogP contribution in [0.15, 0.2) is 18.2 Å². The Balaban J connectivity index is 2.15. The van der Waals surface area contributed by atoms with E-state index in [4.69, 9.17) is 4.74 Å². The molecule has 3 rings (SSSR count). The molecular formula is C12H15NO. The second kappa shape index (κ2) is 2.66. The monoisotopic (exact) mass is 189 g/mol. The highest BCUT2D eigenvalue weighted by atomic mass is 16.5. The molecule has 2 aliphatic rings. The Kier molecular flexibility index (Phi) is 1.55. The minimum Gasteiger partial charge on any atom is -0.491 e. The van der Waals surface area contributed by atoms with E-state index >= 15 is 0 Å². The van der Waals surface area contributed by atoms with Crippen molar-refractivity contribution in [3.63, 3.8) is 0 Å². The van der Waals surface area contributed by atoms with E-state index in [0.29, 0.717) is 5.41 Å². The third kappa shape index (κ3) is 0.969. The van der Waals surface area contributed by atoms with Gasteiger partial charge in [0, 0.05) is 18.0 Å². The molecule has 1 fully saturated rings. The van der Waals surface area contributed by atoms with Gasteiger partial charge >= 0.3 is 0 Å². The summed E-state index contributed by atoms with van der Waals surface area (Å²) in [5.41, 5.74) is 3.05. The summed E-state index contributed by atoms with van der Waals surface area (Å²) < 4.78 is 5.76. The van der Waals surface area contributed by atoms with E-state index in [1.54, 1.807) is 0 Å². The van der Waals surface area contributed by atoms with Gasteiger partial charge in [0.05, 0.1) is 12.3 Å². The first kappa shape index (κ1) is 8.16. The molecule has 14 heavy (non-hydrogen) atoms. The molecular weight excluding hydrogens is 174 g/mol. The lowest BCUT2D eigenvalue weighted by Crippen LogP contribution is -2.20. The molecule has 1 spiro atoms. The number of ether oxygens (including phenoxy) is 1. The van der Waals surface area contributed by atoms with Gasteiger partial charge in [0.15, 0.2) is 0 Å². The molecule has 0 aromatic heterocycles. The van der Waals surface area contributed by atoms with Crippen molar-refractivity contribution < 1.29 is 4.74 Å². The predicted octanol–water partition coefficient (Wildman–Crippen LogP) is 2.54. The highest BCUT2D eigenvalue weighted by molar-refractivity contribution is 5.63. The van der Waals surface area contributed by atoms with Crippen LogP contribution < -0.4 is 10.1 Å². The van der Waals surface area contributed by atoms with E-state index in [-0.39, 0.29) is 0 Å². The van der Waals surface area contributed by atoms with Gasteiger partial charge in [-0.2, -0.15) is 0 Å². The number of hydrogen-bond donors (Lipinski definition) is 1. The average molecular weight is 189 g/mol. The van der Waals surface area contributed by atoms with Crippen LogP contribution in [-0.4, -0.2) is 13.7 Å². The first-order valence-electron chi connectivity index (χ1n) is 5.30. The zero-order valence-electron chi connectivity index (χ0n) is 8.47. The smallest absolute Gasteiger partial charge is 0.146 e. The Morgan fingerprint density at radius 2 is 2.14 bits per heavy atom. The number of benzene rings is 1. The molecule has 1 aromatic carbocycles. The number of anilines is 1. The molecule has 1 aliphatic heterocycles. The van der Waals surface area contributed by atoms with Crippen LogP contribution >= 0.6 is 0 Å². The van der Waals surface area contributed by atoms with Crippen LogP contribution in [0, 0.1) is 0 Å². The second-order valence-electron chi connectivity index (χ2n) is 4.31. The molecule has 1 heterocycles. The number of fused-ring (bicyclic) bond motifs is 2. The molecule has 0 saturated heterocycles. The summed E-state index contributed by atoms with van der Waals surface area (Å²) in [7, 11) is 1.95. The fourth-order valence-electron chi connectivity index (χ4n) is 2.46. The lowest BCUT2D eigenvalue weighted by molar-refractivity contribution is 0.262. The Labute approximate surface area is 84.3 Å². The second-order valence-corrected chi connectivity index (χ2v) is 4.31. The molecule has 1 aliphatic carbocycles. The first-order chi connectivity index (χ1) is 6.86. The van der Waals surface area contributed by atoms with E-state index in [1.165, 1.54) is 24.8 Å². The first-order valence-corrected chi connectivity index (χ1v) is 5.30. The third-order valence-electron chi connectivity index (χ3n) is 3.54. The number of rotatable bonds is 1. The average Bonchev–Trinajstić information content (AvgIpc) is 2.99. The van der Waals surface area contributed by atoms with Crippen molar-refractivity contribution in [1.29, 1.82) is 0 Å². The largest absolute Gasteiger partial charge is 0.491 e. The summed E-state index contributed by atoms with van der Waals surface area (Å²) in [6.45, 7) is 0.881. The van der Waals surface area contributed by atoms with Crippen LogP contribution in [0.25, 0.3) is 0 Å². The van der Waals surface area contributed by atoms with E-state index in [2.05, 4.69) is 23.5 Å². The van der Waals surface area contributed by atoms with Crippen LogP contribution in [0.2, 0.25) is 0 Å². The molecule has 0 atom stereocenters. The Hall–Kier alpha value is -1.18. The van der Waals surface area contributed by atoms with Crippen LogP contribution in [0.3, 0.4) is 0 Å². The van der Waals surface area contributed by atoms with Gasteiger partial charge in [-0.3, -0.25) is 0 Å². The summed E-state index contributed by atoms with van der Waals surface area (Å²) in [4.78, 5) is 0. The van der Waals surface area contributed by atoms with Crippen LogP contribution in [0.1, 0.15) is 24.8 Å². The van der Waals surface area contributed by atoms with Gasteiger partial charge in [0.2, 0.25) is 0 Å². The number of nitrogens with one attached hydrogen (secondary N) is 1. The van der Waals surface area contributed by atoms with E-state index in [0.717, 1.165) is 18.0 Å². The summed E-state index contributed by atoms with van der Waals surface area (Å²) in [5.74, 6) is 1.10. The van der Waals surface area contributed by atoms with Crippen molar-refractivity contribution in [3.05, 3.63) is 23.8 Å². The highest BCUT2D eigenvalue weighted by Gasteiger charge is 2.48. The topological polar surface area (TPSA) is 21.3 Å². The molecule has 2 nitrogen and oxygen atoms in total. The van der Waals surface area contributed by atoms with Crippen LogP contribution in [0.5, 0.6) is 5.75 Å². The van der Waals surface area contributed by atoms with Crippen molar-refractivity contribution in [2.24, 2.45) is 0 Å². The maximum absolute atomic E-state index is 5.76. The lowest BCUT2D eigenvalue weighted by Gasteiger charge is -2.27. The number of hydrogen-bond acceptors (Lipinski definition) is 2. The molecule has 0 radical (unpaired) electrons. The van der Waals surface area contributed by atoms with Crippen molar-refractivity contribution in [2.75, 3.05) is 19.0 Å². The van der Waals surface area contributed by atoms with Gasteiger partial charge in [-0.15, -0.1) is 0 Å². The van der Waals surface area contributed by atoms with E-state index < -0.39 is 0 Å². The molecule has 74 valence electrons. The van der Waals surface area contributed by atoms with Gasteiger partial charge in [0.1, 0.15) is 5.75 Å². The standard InChI is InChI=1S/C12H15NO/c1-13-10-4-2-3-9-11(10)14-8-7-12(9)5-6-12/h2-4,13H,5-8H2,1H3. The normalized spacial score (nSPS) is 21.2. The fourth-order valence-corrected chi connectivity index (χ4v) is 2.46. The van der Waals surface area contributed by atoms with E-state index in [9.17, 15) is 0 Å². The van der Waals surface area contributed by atoms with Gasteiger partial charge in [-0.1, -0.05) is 12.1 Å². The van der Waals surface area contributed by atoms with Crippen LogP contribution in [0.4, 0.5) is 5.69 Å². The molecule has 1 aromatic rings. The highest BCUT2D eigenvalue weighted by Crippen LogP contribution is 2.57. The fraction of sp³-hybridized carbons (Fsp3) is 0.500. The predicted molar refractivity (Wildman–Crippen MR) is 57.0 cm³/mol. The maximum atomic E-state index is 5.76. The van der Waals surface area contributed by atoms with Crippen molar-refractivity contribution in [3.8, 4) is 5.75 Å². The van der Waals surface area contributed by atoms with Crippen molar-refractivity contribution in [2.45, 2.75) is 24.7 Å². The molecule has 0 unspecified atom stereocenters. The quantitative estimate of drug-likeness (QED) is 0.733. The Morgan fingerprint density at radius 3 is 2.86 bits per heavy atom. The summed E-state index contributed by atoms with van der Waals surface area (Å²) in [5, 5.41) is 3.20. The van der Waals surface area contributed by atoms with Gasteiger partial charge in [-0.25, -0.2) is 0 Å². The van der Waals surface area contributed by atoms with E-state index in [1.807, 2.05) is 7.05 Å². The molecule has 1 saturated carbocycles. The minimum absolute atomic E-state index is 0.487. The minimum atomic E-state index is 0.487. The SMILES string of the molecule is CNc1cccc2c1OCCC21CC1. The van der Waals surface area contributed by atoms with Gasteiger partial charge in [-0.05, 0) is 25.3 Å². The van der Waals surface area contributed by atoms with Crippen molar-refractivity contribution in [1.82, 2.24) is 0 Å².